The Balaban J connectivity index is 1.87. The molecule has 1 aliphatic rings. The average molecular weight is 251 g/mol. The Bertz CT molecular complexity index is 647. The van der Waals surface area contributed by atoms with Crippen molar-refractivity contribution < 1.29 is 9.59 Å². The van der Waals surface area contributed by atoms with Crippen LogP contribution in [0.1, 0.15) is 31.8 Å². The number of imide groups is 1. The Morgan fingerprint density at radius 1 is 0.789 bits per heavy atom. The largest absolute Gasteiger partial charge is 0.288 e. The molecular weight excluding hydrogens is 238 g/mol. The lowest BCUT2D eigenvalue weighted by Gasteiger charge is -2.05. The van der Waals surface area contributed by atoms with E-state index in [1.165, 1.54) is 5.56 Å². The van der Waals surface area contributed by atoms with Crippen LogP contribution in [0.25, 0.3) is 0 Å². The summed E-state index contributed by atoms with van der Waals surface area (Å²) in [7, 11) is 0. The van der Waals surface area contributed by atoms with Crippen LogP contribution in [-0.4, -0.2) is 11.8 Å². The van der Waals surface area contributed by atoms with Crippen molar-refractivity contribution in [2.24, 2.45) is 0 Å². The van der Waals surface area contributed by atoms with E-state index < -0.39 is 0 Å². The molecule has 3 rings (SSSR count). The Morgan fingerprint density at radius 2 is 1.58 bits per heavy atom. The zero-order chi connectivity index (χ0) is 13.2. The normalized spacial score (nSPS) is 13.3. The van der Waals surface area contributed by atoms with Gasteiger partial charge in [0, 0.05) is 0 Å². The number of benzene rings is 2. The van der Waals surface area contributed by atoms with Crippen molar-refractivity contribution in [2.45, 2.75) is 12.8 Å². The van der Waals surface area contributed by atoms with Crippen LogP contribution < -0.4 is 5.32 Å². The smallest absolute Gasteiger partial charge is 0.259 e. The quantitative estimate of drug-likeness (QED) is 0.851. The summed E-state index contributed by atoms with van der Waals surface area (Å²) in [6.45, 7) is 0. The molecule has 3 nitrogen and oxygen atoms in total. The van der Waals surface area contributed by atoms with Crippen LogP contribution in [-0.2, 0) is 12.8 Å². The van der Waals surface area contributed by atoms with Crippen LogP contribution in [0.4, 0.5) is 0 Å². The van der Waals surface area contributed by atoms with Gasteiger partial charge in [-0.3, -0.25) is 14.9 Å². The molecule has 2 aromatic rings. The third kappa shape index (κ3) is 2.15. The minimum absolute atomic E-state index is 0.274. The molecule has 0 aromatic heterocycles. The fourth-order valence-corrected chi connectivity index (χ4v) is 2.42. The van der Waals surface area contributed by atoms with Gasteiger partial charge >= 0.3 is 0 Å². The predicted octanol–water partition coefficient (Wildman–Crippen LogP) is 2.36. The SMILES string of the molecule is O=C1NC(=O)c2c(CCc3ccccc3)cccc21. The molecule has 1 heterocycles. The predicted molar refractivity (Wildman–Crippen MR) is 72.1 cm³/mol. The molecule has 0 radical (unpaired) electrons. The highest BCUT2D eigenvalue weighted by atomic mass is 16.2. The lowest BCUT2D eigenvalue weighted by Crippen LogP contribution is -2.20. The monoisotopic (exact) mass is 251 g/mol. The summed E-state index contributed by atoms with van der Waals surface area (Å²) >= 11 is 0. The van der Waals surface area contributed by atoms with Crippen molar-refractivity contribution in [3.8, 4) is 0 Å². The zero-order valence-corrected chi connectivity index (χ0v) is 10.3. The number of aryl methyl sites for hydroxylation is 2. The fraction of sp³-hybridized carbons (Fsp3) is 0.125. The Hall–Kier alpha value is -2.42. The Morgan fingerprint density at radius 3 is 2.37 bits per heavy atom. The van der Waals surface area contributed by atoms with Gasteiger partial charge in [0.1, 0.15) is 0 Å². The highest BCUT2D eigenvalue weighted by Crippen LogP contribution is 2.21. The van der Waals surface area contributed by atoms with Crippen LogP contribution in [0.3, 0.4) is 0 Å². The summed E-state index contributed by atoms with van der Waals surface area (Å²) in [5.74, 6) is -0.565. The van der Waals surface area contributed by atoms with Gasteiger partial charge in [-0.1, -0.05) is 42.5 Å². The van der Waals surface area contributed by atoms with Gasteiger partial charge in [0.15, 0.2) is 0 Å². The standard InChI is InChI=1S/C16H13NO2/c18-15-13-8-4-7-12(14(13)16(19)17-15)10-9-11-5-2-1-3-6-11/h1-8H,9-10H2,(H,17,18,19). The molecule has 0 bridgehead atoms. The van der Waals surface area contributed by atoms with E-state index in [9.17, 15) is 9.59 Å². The van der Waals surface area contributed by atoms with Crippen molar-refractivity contribution in [1.82, 2.24) is 5.32 Å². The zero-order valence-electron chi connectivity index (χ0n) is 10.3. The van der Waals surface area contributed by atoms with Crippen LogP contribution in [0.15, 0.2) is 48.5 Å². The molecule has 0 unspecified atom stereocenters. The van der Waals surface area contributed by atoms with Crippen molar-refractivity contribution in [3.05, 3.63) is 70.8 Å². The van der Waals surface area contributed by atoms with E-state index >= 15 is 0 Å². The van der Waals surface area contributed by atoms with E-state index in [0.29, 0.717) is 11.1 Å². The van der Waals surface area contributed by atoms with Crippen molar-refractivity contribution in [2.75, 3.05) is 0 Å². The molecular formula is C16H13NO2. The summed E-state index contributed by atoms with van der Waals surface area (Å²) in [6, 6.07) is 15.6. The first kappa shape index (κ1) is 11.7. The topological polar surface area (TPSA) is 46.2 Å². The summed E-state index contributed by atoms with van der Waals surface area (Å²) < 4.78 is 0. The number of carbonyl (C=O) groups is 2. The number of amides is 2. The van der Waals surface area contributed by atoms with Crippen molar-refractivity contribution in [3.63, 3.8) is 0 Å². The number of nitrogens with one attached hydrogen (secondary N) is 1. The van der Waals surface area contributed by atoms with E-state index in [1.807, 2.05) is 30.3 Å². The molecule has 2 aromatic carbocycles. The highest BCUT2D eigenvalue weighted by Gasteiger charge is 2.28. The van der Waals surface area contributed by atoms with Gasteiger partial charge in [0.05, 0.1) is 11.1 Å². The summed E-state index contributed by atoms with van der Waals surface area (Å²) in [5, 5.41) is 2.34. The minimum atomic E-state index is -0.290. The van der Waals surface area contributed by atoms with Crippen LogP contribution in [0.2, 0.25) is 0 Å². The first-order chi connectivity index (χ1) is 9.25. The van der Waals surface area contributed by atoms with Gasteiger partial charge in [-0.2, -0.15) is 0 Å². The second kappa shape index (κ2) is 4.69. The summed E-state index contributed by atoms with van der Waals surface area (Å²) in [4.78, 5) is 23.3. The summed E-state index contributed by atoms with van der Waals surface area (Å²) in [6.07, 6.45) is 1.62. The molecule has 0 saturated carbocycles. The van der Waals surface area contributed by atoms with E-state index in [-0.39, 0.29) is 11.8 Å². The number of carbonyl (C=O) groups excluding carboxylic acids is 2. The van der Waals surface area contributed by atoms with E-state index in [1.54, 1.807) is 6.07 Å². The number of fused-ring (bicyclic) bond motifs is 1. The third-order valence-corrected chi connectivity index (χ3v) is 3.38. The van der Waals surface area contributed by atoms with Gasteiger partial charge in [0.2, 0.25) is 0 Å². The van der Waals surface area contributed by atoms with Crippen molar-refractivity contribution in [1.29, 1.82) is 0 Å². The minimum Gasteiger partial charge on any atom is -0.288 e. The maximum Gasteiger partial charge on any atom is 0.259 e. The third-order valence-electron chi connectivity index (χ3n) is 3.38. The van der Waals surface area contributed by atoms with Gasteiger partial charge in [-0.15, -0.1) is 0 Å². The van der Waals surface area contributed by atoms with Gasteiger partial charge < -0.3 is 0 Å². The van der Waals surface area contributed by atoms with Gasteiger partial charge in [-0.05, 0) is 30.0 Å². The second-order valence-corrected chi connectivity index (χ2v) is 4.61. The molecule has 3 heteroatoms. The fourth-order valence-electron chi connectivity index (χ4n) is 2.42. The van der Waals surface area contributed by atoms with Crippen LogP contribution in [0, 0.1) is 0 Å². The molecule has 1 N–H and O–H groups in total. The molecule has 0 saturated heterocycles. The first-order valence-electron chi connectivity index (χ1n) is 6.27. The van der Waals surface area contributed by atoms with Gasteiger partial charge in [0.25, 0.3) is 11.8 Å². The second-order valence-electron chi connectivity index (χ2n) is 4.61. The molecule has 0 aliphatic carbocycles. The maximum absolute atomic E-state index is 11.8. The molecule has 0 atom stereocenters. The number of hydrogen-bond donors (Lipinski definition) is 1. The first-order valence-corrected chi connectivity index (χ1v) is 6.27. The lowest BCUT2D eigenvalue weighted by atomic mass is 9.97. The average Bonchev–Trinajstić information content (AvgIpc) is 2.74. The Kier molecular flexibility index (Phi) is 2.88. The molecule has 2 amide bonds. The van der Waals surface area contributed by atoms with Gasteiger partial charge in [-0.25, -0.2) is 0 Å². The molecule has 94 valence electrons. The Labute approximate surface area is 111 Å². The molecule has 19 heavy (non-hydrogen) atoms. The number of rotatable bonds is 3. The maximum atomic E-state index is 11.8. The molecule has 1 aliphatic heterocycles. The van der Waals surface area contributed by atoms with E-state index in [2.05, 4.69) is 17.4 Å². The van der Waals surface area contributed by atoms with Crippen LogP contribution >= 0.6 is 0 Å². The molecule has 0 spiro atoms. The highest BCUT2D eigenvalue weighted by molar-refractivity contribution is 6.22. The van der Waals surface area contributed by atoms with Crippen LogP contribution in [0.5, 0.6) is 0 Å². The van der Waals surface area contributed by atoms with E-state index in [4.69, 9.17) is 0 Å². The summed E-state index contributed by atoms with van der Waals surface area (Å²) in [5.41, 5.74) is 3.20. The van der Waals surface area contributed by atoms with Crippen molar-refractivity contribution >= 4 is 11.8 Å². The van der Waals surface area contributed by atoms with E-state index in [0.717, 1.165) is 18.4 Å². The molecule has 0 fully saturated rings. The number of hydrogen-bond acceptors (Lipinski definition) is 2. The lowest BCUT2D eigenvalue weighted by molar-refractivity contribution is 0.0879.